The van der Waals surface area contributed by atoms with Crippen molar-refractivity contribution in [1.29, 1.82) is 0 Å². The van der Waals surface area contributed by atoms with Crippen molar-refractivity contribution in [2.75, 3.05) is 18.6 Å². The Morgan fingerprint density at radius 1 is 1.53 bits per heavy atom. The predicted molar refractivity (Wildman–Crippen MR) is 67.6 cm³/mol. The van der Waals surface area contributed by atoms with Crippen molar-refractivity contribution >= 4 is 17.4 Å². The Balaban J connectivity index is 2.72. The SMILES string of the molecule is C=C(CC)CSc1ccc(N)cc1OC. The van der Waals surface area contributed by atoms with Gasteiger partial charge in [0.05, 0.1) is 7.11 Å². The predicted octanol–water partition coefficient (Wildman–Crippen LogP) is 3.34. The quantitative estimate of drug-likeness (QED) is 0.472. The van der Waals surface area contributed by atoms with Gasteiger partial charge in [-0.1, -0.05) is 19.1 Å². The standard InChI is InChI=1S/C12H17NOS/c1-4-9(2)8-15-12-6-5-10(13)7-11(12)14-3/h5-7H,2,4,8,13H2,1,3H3. The molecule has 0 spiro atoms. The zero-order valence-corrected chi connectivity index (χ0v) is 10.1. The molecule has 0 aliphatic carbocycles. The van der Waals surface area contributed by atoms with Crippen LogP contribution in [0.25, 0.3) is 0 Å². The third kappa shape index (κ3) is 3.51. The van der Waals surface area contributed by atoms with E-state index in [1.54, 1.807) is 18.9 Å². The molecule has 0 radical (unpaired) electrons. The first-order chi connectivity index (χ1) is 7.17. The molecule has 0 saturated carbocycles. The summed E-state index contributed by atoms with van der Waals surface area (Å²) in [5.41, 5.74) is 7.64. The van der Waals surface area contributed by atoms with Gasteiger partial charge in [-0.25, -0.2) is 0 Å². The molecule has 0 heterocycles. The van der Waals surface area contributed by atoms with Crippen LogP contribution in [0.1, 0.15) is 13.3 Å². The summed E-state index contributed by atoms with van der Waals surface area (Å²) in [5.74, 6) is 1.76. The summed E-state index contributed by atoms with van der Waals surface area (Å²) < 4.78 is 5.26. The Bertz CT molecular complexity index is 349. The number of anilines is 1. The zero-order valence-electron chi connectivity index (χ0n) is 9.25. The second-order valence-corrected chi connectivity index (χ2v) is 4.32. The van der Waals surface area contributed by atoms with Gasteiger partial charge in [0, 0.05) is 22.4 Å². The molecule has 3 heteroatoms. The minimum atomic E-state index is 0.727. The van der Waals surface area contributed by atoms with E-state index in [0.717, 1.165) is 28.5 Å². The number of rotatable bonds is 5. The third-order valence-electron chi connectivity index (χ3n) is 2.12. The first-order valence-electron chi connectivity index (χ1n) is 4.90. The van der Waals surface area contributed by atoms with E-state index in [-0.39, 0.29) is 0 Å². The molecular weight excluding hydrogens is 206 g/mol. The number of nitrogens with two attached hydrogens (primary N) is 1. The molecule has 0 unspecified atom stereocenters. The van der Waals surface area contributed by atoms with Crippen LogP contribution in [-0.4, -0.2) is 12.9 Å². The normalized spacial score (nSPS) is 10.0. The van der Waals surface area contributed by atoms with Crippen molar-refractivity contribution in [2.45, 2.75) is 18.2 Å². The molecule has 0 atom stereocenters. The average Bonchev–Trinajstić information content (AvgIpc) is 2.26. The van der Waals surface area contributed by atoms with Crippen molar-refractivity contribution in [3.05, 3.63) is 30.4 Å². The maximum atomic E-state index is 5.68. The summed E-state index contributed by atoms with van der Waals surface area (Å²) in [6.45, 7) is 6.09. The molecule has 0 aliphatic rings. The van der Waals surface area contributed by atoms with Gasteiger partial charge in [0.15, 0.2) is 0 Å². The van der Waals surface area contributed by atoms with E-state index in [1.165, 1.54) is 5.57 Å². The Hall–Kier alpha value is -1.09. The highest BCUT2D eigenvalue weighted by molar-refractivity contribution is 7.99. The number of thioether (sulfide) groups is 1. The van der Waals surface area contributed by atoms with E-state index in [2.05, 4.69) is 13.5 Å². The Morgan fingerprint density at radius 3 is 2.87 bits per heavy atom. The fourth-order valence-electron chi connectivity index (χ4n) is 1.09. The van der Waals surface area contributed by atoms with Gasteiger partial charge >= 0.3 is 0 Å². The van der Waals surface area contributed by atoms with Gasteiger partial charge in [-0.2, -0.15) is 0 Å². The molecule has 0 bridgehead atoms. The van der Waals surface area contributed by atoms with Gasteiger partial charge in [0.25, 0.3) is 0 Å². The van der Waals surface area contributed by atoms with Crippen molar-refractivity contribution in [2.24, 2.45) is 0 Å². The van der Waals surface area contributed by atoms with Crippen LogP contribution in [0.4, 0.5) is 5.69 Å². The largest absolute Gasteiger partial charge is 0.496 e. The number of nitrogen functional groups attached to an aromatic ring is 1. The minimum Gasteiger partial charge on any atom is -0.496 e. The summed E-state index contributed by atoms with van der Waals surface area (Å²) in [4.78, 5) is 1.11. The van der Waals surface area contributed by atoms with Crippen LogP contribution >= 0.6 is 11.8 Å². The van der Waals surface area contributed by atoms with Crippen molar-refractivity contribution < 1.29 is 4.74 Å². The number of ether oxygens (including phenoxy) is 1. The fraction of sp³-hybridized carbons (Fsp3) is 0.333. The van der Waals surface area contributed by atoms with Gasteiger partial charge in [0.1, 0.15) is 5.75 Å². The average molecular weight is 223 g/mol. The summed E-state index contributed by atoms with van der Waals surface area (Å²) in [6.07, 6.45) is 1.02. The third-order valence-corrected chi connectivity index (χ3v) is 3.32. The Morgan fingerprint density at radius 2 is 2.27 bits per heavy atom. The summed E-state index contributed by atoms with van der Waals surface area (Å²) >= 11 is 1.73. The van der Waals surface area contributed by atoms with E-state index >= 15 is 0 Å². The highest BCUT2D eigenvalue weighted by atomic mass is 32.2. The van der Waals surface area contributed by atoms with E-state index in [9.17, 15) is 0 Å². The molecule has 0 aromatic heterocycles. The molecule has 0 aliphatic heterocycles. The van der Waals surface area contributed by atoms with E-state index < -0.39 is 0 Å². The minimum absolute atomic E-state index is 0.727. The number of hydrogen-bond acceptors (Lipinski definition) is 3. The van der Waals surface area contributed by atoms with Crippen LogP contribution in [-0.2, 0) is 0 Å². The second-order valence-electron chi connectivity index (χ2n) is 3.30. The van der Waals surface area contributed by atoms with Gasteiger partial charge < -0.3 is 10.5 Å². The lowest BCUT2D eigenvalue weighted by Gasteiger charge is -2.09. The number of hydrogen-bond donors (Lipinski definition) is 1. The molecule has 0 saturated heterocycles. The molecule has 1 aromatic rings. The van der Waals surface area contributed by atoms with Crippen LogP contribution in [0.5, 0.6) is 5.75 Å². The van der Waals surface area contributed by atoms with Crippen molar-refractivity contribution in [1.82, 2.24) is 0 Å². The molecule has 2 nitrogen and oxygen atoms in total. The monoisotopic (exact) mass is 223 g/mol. The fourth-order valence-corrected chi connectivity index (χ4v) is 2.10. The molecule has 2 N–H and O–H groups in total. The molecule has 1 aromatic carbocycles. The Kier molecular flexibility index (Phi) is 4.56. The van der Waals surface area contributed by atoms with Crippen molar-refractivity contribution in [3.63, 3.8) is 0 Å². The van der Waals surface area contributed by atoms with Crippen LogP contribution in [0.2, 0.25) is 0 Å². The number of benzene rings is 1. The van der Waals surface area contributed by atoms with Gasteiger partial charge in [-0.15, -0.1) is 11.8 Å². The second kappa shape index (κ2) is 5.71. The lowest BCUT2D eigenvalue weighted by molar-refractivity contribution is 0.405. The van der Waals surface area contributed by atoms with E-state index in [4.69, 9.17) is 10.5 Å². The maximum absolute atomic E-state index is 5.68. The maximum Gasteiger partial charge on any atom is 0.134 e. The Labute approximate surface area is 95.5 Å². The molecule has 0 fully saturated rings. The van der Waals surface area contributed by atoms with Crippen LogP contribution in [0, 0.1) is 0 Å². The first kappa shape index (κ1) is 12.0. The van der Waals surface area contributed by atoms with Crippen LogP contribution in [0.15, 0.2) is 35.2 Å². The summed E-state index contributed by atoms with van der Waals surface area (Å²) in [6, 6.07) is 5.72. The molecule has 82 valence electrons. The lowest BCUT2D eigenvalue weighted by atomic mass is 10.3. The topological polar surface area (TPSA) is 35.2 Å². The van der Waals surface area contributed by atoms with E-state index in [0.29, 0.717) is 0 Å². The van der Waals surface area contributed by atoms with Crippen LogP contribution in [0.3, 0.4) is 0 Å². The molecular formula is C12H17NOS. The molecule has 15 heavy (non-hydrogen) atoms. The van der Waals surface area contributed by atoms with Crippen molar-refractivity contribution in [3.8, 4) is 5.75 Å². The van der Waals surface area contributed by atoms with Gasteiger partial charge in [-0.3, -0.25) is 0 Å². The smallest absolute Gasteiger partial charge is 0.134 e. The summed E-state index contributed by atoms with van der Waals surface area (Å²) in [5, 5.41) is 0. The van der Waals surface area contributed by atoms with Crippen LogP contribution < -0.4 is 10.5 Å². The molecule has 0 amide bonds. The lowest BCUT2D eigenvalue weighted by Crippen LogP contribution is -1.91. The summed E-state index contributed by atoms with van der Waals surface area (Å²) in [7, 11) is 1.66. The van der Waals surface area contributed by atoms with Gasteiger partial charge in [0.2, 0.25) is 0 Å². The number of methoxy groups -OCH3 is 1. The van der Waals surface area contributed by atoms with E-state index in [1.807, 2.05) is 18.2 Å². The highest BCUT2D eigenvalue weighted by Gasteiger charge is 2.04. The highest BCUT2D eigenvalue weighted by Crippen LogP contribution is 2.32. The molecule has 1 rings (SSSR count). The van der Waals surface area contributed by atoms with Gasteiger partial charge in [-0.05, 0) is 18.6 Å². The first-order valence-corrected chi connectivity index (χ1v) is 5.89. The zero-order chi connectivity index (χ0) is 11.3.